The molecule has 1 unspecified atom stereocenters. The Hall–Kier alpha value is -1.59. The zero-order valence-electron chi connectivity index (χ0n) is 17.6. The summed E-state index contributed by atoms with van der Waals surface area (Å²) in [7, 11) is 1.74. The zero-order chi connectivity index (χ0) is 19.8. The summed E-state index contributed by atoms with van der Waals surface area (Å²) in [5.74, 6) is 1.22. The lowest BCUT2D eigenvalue weighted by Gasteiger charge is -2.35. The normalized spacial score (nSPS) is 20.2. The van der Waals surface area contributed by atoms with Gasteiger partial charge in [0.15, 0.2) is 0 Å². The minimum Gasteiger partial charge on any atom is -0.497 e. The molecule has 0 saturated carbocycles. The molecule has 28 heavy (non-hydrogen) atoms. The highest BCUT2D eigenvalue weighted by atomic mass is 16.5. The van der Waals surface area contributed by atoms with Crippen LogP contribution in [0.3, 0.4) is 0 Å². The smallest absolute Gasteiger partial charge is 0.224 e. The van der Waals surface area contributed by atoms with Gasteiger partial charge in [-0.1, -0.05) is 13.0 Å². The first-order valence-corrected chi connectivity index (χ1v) is 11.0. The second-order valence-electron chi connectivity index (χ2n) is 8.02. The molecule has 0 spiro atoms. The maximum atomic E-state index is 12.1. The molecule has 3 rings (SSSR count). The molecule has 5 heteroatoms. The summed E-state index contributed by atoms with van der Waals surface area (Å²) in [6.45, 7) is 7.41. The van der Waals surface area contributed by atoms with E-state index in [1.165, 1.54) is 24.0 Å². The molecule has 0 bridgehead atoms. The van der Waals surface area contributed by atoms with Crippen molar-refractivity contribution in [3.05, 3.63) is 29.3 Å². The Labute approximate surface area is 170 Å². The third-order valence-corrected chi connectivity index (χ3v) is 6.08. The average Bonchev–Trinajstić information content (AvgIpc) is 2.93. The van der Waals surface area contributed by atoms with E-state index in [-0.39, 0.29) is 5.91 Å². The fourth-order valence-corrected chi connectivity index (χ4v) is 4.49. The molecule has 1 amide bonds. The molecule has 1 aromatic carbocycles. The van der Waals surface area contributed by atoms with Gasteiger partial charge in [-0.05, 0) is 74.9 Å². The van der Waals surface area contributed by atoms with Gasteiger partial charge in [-0.2, -0.15) is 0 Å². The molecule has 1 aromatic rings. The largest absolute Gasteiger partial charge is 0.497 e. The number of hydrogen-bond donors (Lipinski definition) is 0. The topological polar surface area (TPSA) is 42.0 Å². The Balaban J connectivity index is 1.50. The van der Waals surface area contributed by atoms with Gasteiger partial charge in [0.25, 0.3) is 0 Å². The number of nitrogens with zero attached hydrogens (tertiary/aromatic N) is 2. The monoisotopic (exact) mass is 388 g/mol. The Morgan fingerprint density at radius 3 is 2.89 bits per heavy atom. The maximum Gasteiger partial charge on any atom is 0.224 e. The van der Waals surface area contributed by atoms with Gasteiger partial charge in [-0.25, -0.2) is 0 Å². The Morgan fingerprint density at radius 1 is 1.18 bits per heavy atom. The first-order chi connectivity index (χ1) is 13.7. The number of carbonyl (C=O) groups is 1. The molecule has 156 valence electrons. The van der Waals surface area contributed by atoms with Crippen LogP contribution in [0.5, 0.6) is 5.75 Å². The molecule has 1 aliphatic carbocycles. The molecule has 1 heterocycles. The quantitative estimate of drug-likeness (QED) is 0.609. The molecule has 1 saturated heterocycles. The Bertz CT molecular complexity index is 634. The number of amides is 1. The number of rotatable bonds is 9. The van der Waals surface area contributed by atoms with Crippen molar-refractivity contribution in [3.8, 4) is 5.75 Å². The van der Waals surface area contributed by atoms with E-state index in [0.29, 0.717) is 25.7 Å². The molecular weight excluding hydrogens is 352 g/mol. The fraction of sp³-hybridized carbons (Fsp3) is 0.696. The van der Waals surface area contributed by atoms with Crippen molar-refractivity contribution in [2.75, 3.05) is 46.5 Å². The van der Waals surface area contributed by atoms with E-state index >= 15 is 0 Å². The van der Waals surface area contributed by atoms with Crippen LogP contribution in [-0.2, 0) is 22.4 Å². The van der Waals surface area contributed by atoms with E-state index < -0.39 is 0 Å². The number of aryl methyl sites for hydroxylation is 1. The maximum absolute atomic E-state index is 12.1. The predicted molar refractivity (Wildman–Crippen MR) is 112 cm³/mol. The predicted octanol–water partition coefficient (Wildman–Crippen LogP) is 3.29. The van der Waals surface area contributed by atoms with Crippen LogP contribution in [-0.4, -0.2) is 68.3 Å². The summed E-state index contributed by atoms with van der Waals surface area (Å²) in [6, 6.07) is 7.15. The molecular formula is C23H36N2O3. The average molecular weight is 389 g/mol. The molecule has 1 aliphatic heterocycles. The highest BCUT2D eigenvalue weighted by Crippen LogP contribution is 2.28. The zero-order valence-corrected chi connectivity index (χ0v) is 17.6. The van der Waals surface area contributed by atoms with Crippen LogP contribution in [0.25, 0.3) is 0 Å². The van der Waals surface area contributed by atoms with Crippen LogP contribution in [0.4, 0.5) is 0 Å². The van der Waals surface area contributed by atoms with Crippen LogP contribution in [0.1, 0.15) is 50.2 Å². The number of ether oxygens (including phenoxy) is 2. The van der Waals surface area contributed by atoms with Gasteiger partial charge in [0.05, 0.1) is 26.7 Å². The molecule has 1 fully saturated rings. The van der Waals surface area contributed by atoms with Crippen molar-refractivity contribution in [1.29, 1.82) is 0 Å². The molecule has 1 atom stereocenters. The van der Waals surface area contributed by atoms with E-state index in [9.17, 15) is 4.79 Å². The van der Waals surface area contributed by atoms with Crippen LogP contribution in [0.2, 0.25) is 0 Å². The van der Waals surface area contributed by atoms with E-state index in [4.69, 9.17) is 9.47 Å². The van der Waals surface area contributed by atoms with E-state index in [2.05, 4.69) is 30.0 Å². The Morgan fingerprint density at radius 2 is 2.07 bits per heavy atom. The molecule has 0 radical (unpaired) electrons. The summed E-state index contributed by atoms with van der Waals surface area (Å²) in [6.07, 6.45) is 7.45. The van der Waals surface area contributed by atoms with Crippen molar-refractivity contribution in [1.82, 2.24) is 9.80 Å². The number of benzene rings is 1. The van der Waals surface area contributed by atoms with E-state index in [1.807, 2.05) is 4.90 Å². The summed E-state index contributed by atoms with van der Waals surface area (Å²) in [5, 5.41) is 0. The number of hydrogen-bond acceptors (Lipinski definition) is 4. The number of methoxy groups -OCH3 is 1. The van der Waals surface area contributed by atoms with Gasteiger partial charge in [-0.3, -0.25) is 4.79 Å². The third kappa shape index (κ3) is 5.71. The molecule has 2 aliphatic rings. The van der Waals surface area contributed by atoms with Gasteiger partial charge < -0.3 is 19.3 Å². The van der Waals surface area contributed by atoms with Crippen molar-refractivity contribution < 1.29 is 14.3 Å². The lowest BCUT2D eigenvalue weighted by Crippen LogP contribution is -2.40. The lowest BCUT2D eigenvalue weighted by atomic mass is 9.87. The summed E-state index contributed by atoms with van der Waals surface area (Å²) in [5.41, 5.74) is 2.93. The van der Waals surface area contributed by atoms with Crippen LogP contribution in [0, 0.1) is 0 Å². The first-order valence-electron chi connectivity index (χ1n) is 11.0. The minimum absolute atomic E-state index is 0.251. The Kier molecular flexibility index (Phi) is 8.16. The second kappa shape index (κ2) is 10.8. The summed E-state index contributed by atoms with van der Waals surface area (Å²) >= 11 is 0. The van der Waals surface area contributed by atoms with Crippen LogP contribution >= 0.6 is 0 Å². The van der Waals surface area contributed by atoms with E-state index in [0.717, 1.165) is 57.6 Å². The van der Waals surface area contributed by atoms with Gasteiger partial charge >= 0.3 is 0 Å². The van der Waals surface area contributed by atoms with Crippen LogP contribution in [0.15, 0.2) is 18.2 Å². The van der Waals surface area contributed by atoms with Crippen molar-refractivity contribution in [2.24, 2.45) is 0 Å². The van der Waals surface area contributed by atoms with Gasteiger partial charge in [-0.15, -0.1) is 0 Å². The molecule has 0 N–H and O–H groups in total. The lowest BCUT2D eigenvalue weighted by molar-refractivity contribution is -0.130. The molecule has 5 nitrogen and oxygen atoms in total. The van der Waals surface area contributed by atoms with Gasteiger partial charge in [0.1, 0.15) is 5.75 Å². The van der Waals surface area contributed by atoms with E-state index in [1.54, 1.807) is 7.11 Å². The van der Waals surface area contributed by atoms with Gasteiger partial charge in [0.2, 0.25) is 5.91 Å². The first kappa shape index (κ1) is 21.1. The highest BCUT2D eigenvalue weighted by molar-refractivity contribution is 5.76. The second-order valence-corrected chi connectivity index (χ2v) is 8.02. The van der Waals surface area contributed by atoms with Crippen molar-refractivity contribution in [3.63, 3.8) is 0 Å². The number of carbonyl (C=O) groups excluding carboxylic acids is 1. The summed E-state index contributed by atoms with van der Waals surface area (Å²) < 4.78 is 10.8. The number of fused-ring (bicyclic) bond motifs is 1. The minimum atomic E-state index is 0.251. The van der Waals surface area contributed by atoms with Crippen LogP contribution < -0.4 is 4.74 Å². The highest BCUT2D eigenvalue weighted by Gasteiger charge is 2.24. The number of unbranched alkanes of at least 4 members (excludes halogenated alkanes) is 1. The fourth-order valence-electron chi connectivity index (χ4n) is 4.49. The van der Waals surface area contributed by atoms with Gasteiger partial charge in [0, 0.05) is 19.1 Å². The standard InChI is InChI=1S/C23H36N2O3/c1-3-11-24(12-4-5-13-25-14-16-28-15-10-23(25)26)21-8-6-19-7-9-22(27-2)18-20(19)17-21/h7,9,18,21H,3-6,8,10-17H2,1-2H3. The summed E-state index contributed by atoms with van der Waals surface area (Å²) in [4.78, 5) is 16.7. The molecule has 0 aromatic heterocycles. The SMILES string of the molecule is CCCN(CCCCN1CCOCCC1=O)C1CCc2ccc(OC)cc2C1. The third-order valence-electron chi connectivity index (χ3n) is 6.08. The van der Waals surface area contributed by atoms with Crippen molar-refractivity contribution in [2.45, 2.75) is 57.9 Å². The van der Waals surface area contributed by atoms with Crippen molar-refractivity contribution >= 4 is 5.91 Å².